The molecule has 1 aromatic heterocycles. The molecule has 0 aliphatic carbocycles. The van der Waals surface area contributed by atoms with E-state index in [0.717, 1.165) is 0 Å². The highest BCUT2D eigenvalue weighted by Gasteiger charge is 2.11. The highest BCUT2D eigenvalue weighted by molar-refractivity contribution is 8.30. The number of carbonyl (C=O) groups is 1. The highest BCUT2D eigenvalue weighted by atomic mass is 32.3. The Hall–Kier alpha value is -1.10. The van der Waals surface area contributed by atoms with Gasteiger partial charge in [-0.05, 0) is 24.8 Å². The Bertz CT molecular complexity index is 294. The van der Waals surface area contributed by atoms with Gasteiger partial charge in [0.05, 0.1) is 0 Å². The highest BCUT2D eigenvalue weighted by Crippen LogP contribution is 2.28. The van der Waals surface area contributed by atoms with E-state index in [1.165, 1.54) is 6.33 Å². The van der Waals surface area contributed by atoms with E-state index in [2.05, 4.69) is 14.7 Å². The van der Waals surface area contributed by atoms with Gasteiger partial charge < -0.3 is 4.72 Å². The molecule has 0 radical (unpaired) electrons. The third-order valence-corrected chi connectivity index (χ3v) is 2.01. The number of hydrogen-bond acceptors (Lipinski definition) is 3. The molecule has 0 bridgehead atoms. The summed E-state index contributed by atoms with van der Waals surface area (Å²) in [5, 5.41) is 0. The van der Waals surface area contributed by atoms with E-state index in [1.54, 1.807) is 12.3 Å². The second-order valence-electron chi connectivity index (χ2n) is 3.36. The Morgan fingerprint density at radius 2 is 2.15 bits per heavy atom. The maximum absolute atomic E-state index is 11.5. The minimum Gasteiger partial charge on any atom is -0.314 e. The number of amides is 1. The van der Waals surface area contributed by atoms with Crippen LogP contribution in [0.2, 0.25) is 0 Å². The zero-order valence-electron chi connectivity index (χ0n) is 7.94. The van der Waals surface area contributed by atoms with Crippen LogP contribution < -0.4 is 4.72 Å². The smallest absolute Gasteiger partial charge is 0.278 e. The lowest BCUT2D eigenvalue weighted by Gasteiger charge is -2.26. The summed E-state index contributed by atoms with van der Waals surface area (Å²) >= 11 is 0. The van der Waals surface area contributed by atoms with Gasteiger partial charge in [0.25, 0.3) is 5.91 Å². The van der Waals surface area contributed by atoms with E-state index >= 15 is 0 Å². The molecule has 0 saturated carbocycles. The third-order valence-electron chi connectivity index (χ3n) is 1.21. The van der Waals surface area contributed by atoms with Crippen LogP contribution in [0, 0.1) is 0 Å². The van der Waals surface area contributed by atoms with Crippen molar-refractivity contribution in [3.05, 3.63) is 24.3 Å². The minimum absolute atomic E-state index is 0.134. The Morgan fingerprint density at radius 3 is 2.62 bits per heavy atom. The average Bonchev–Trinajstić information content (AvgIpc) is 2.03. The summed E-state index contributed by atoms with van der Waals surface area (Å²) in [6, 6.07) is 1.60. The molecule has 1 heterocycles. The van der Waals surface area contributed by atoms with Crippen molar-refractivity contribution in [1.29, 1.82) is 0 Å². The van der Waals surface area contributed by atoms with Gasteiger partial charge in [-0.1, -0.05) is 0 Å². The van der Waals surface area contributed by atoms with Gasteiger partial charge in [0.15, 0.2) is 0 Å². The Labute approximate surface area is 79.2 Å². The molecule has 0 aliphatic heterocycles. The van der Waals surface area contributed by atoms with Crippen molar-refractivity contribution in [3.63, 3.8) is 0 Å². The first-order valence-electron chi connectivity index (χ1n) is 3.75. The molecule has 0 atom stereocenters. The SMILES string of the molecule is CS(C)(C)NC(=O)c1ccncn1. The number of rotatable bonds is 2. The fourth-order valence-corrected chi connectivity index (χ4v) is 1.42. The van der Waals surface area contributed by atoms with E-state index in [4.69, 9.17) is 0 Å². The number of nitrogens with one attached hydrogen (secondary N) is 1. The molecule has 0 saturated heterocycles. The molecule has 1 rings (SSSR count). The topological polar surface area (TPSA) is 54.9 Å². The summed E-state index contributed by atoms with van der Waals surface area (Å²) in [7, 11) is -1.03. The standard InChI is InChI=1S/C8H13N3OS/c1-13(2,3)11-8(12)7-4-5-9-6-10-7/h4-6H,1-3H3,(H,11,12). The molecule has 0 fully saturated rings. The van der Waals surface area contributed by atoms with Crippen molar-refractivity contribution >= 4 is 16.1 Å². The predicted octanol–water partition coefficient (Wildman–Crippen LogP) is 0.815. The lowest BCUT2D eigenvalue weighted by Crippen LogP contribution is -2.26. The van der Waals surface area contributed by atoms with Crippen LogP contribution in [0.1, 0.15) is 10.5 Å². The molecule has 72 valence electrons. The molecule has 4 nitrogen and oxygen atoms in total. The van der Waals surface area contributed by atoms with Crippen LogP contribution >= 0.6 is 10.2 Å². The fourth-order valence-electron chi connectivity index (χ4n) is 0.755. The molecule has 0 spiro atoms. The van der Waals surface area contributed by atoms with Crippen LogP contribution in [0.15, 0.2) is 18.6 Å². The van der Waals surface area contributed by atoms with Crippen molar-refractivity contribution in [2.45, 2.75) is 0 Å². The molecule has 0 aromatic carbocycles. The van der Waals surface area contributed by atoms with Crippen LogP contribution in [0.3, 0.4) is 0 Å². The first-order chi connectivity index (χ1) is 5.99. The normalized spacial score (nSPS) is 12.2. The van der Waals surface area contributed by atoms with Crippen molar-refractivity contribution in [1.82, 2.24) is 14.7 Å². The Morgan fingerprint density at radius 1 is 1.46 bits per heavy atom. The van der Waals surface area contributed by atoms with Gasteiger partial charge in [-0.15, -0.1) is 0 Å². The molecule has 0 unspecified atom stereocenters. The van der Waals surface area contributed by atoms with E-state index in [0.29, 0.717) is 5.69 Å². The first kappa shape index (κ1) is 9.98. The van der Waals surface area contributed by atoms with E-state index < -0.39 is 10.2 Å². The van der Waals surface area contributed by atoms with Gasteiger partial charge >= 0.3 is 0 Å². The molecule has 13 heavy (non-hydrogen) atoms. The summed E-state index contributed by atoms with van der Waals surface area (Å²) in [6.07, 6.45) is 8.94. The lowest BCUT2D eigenvalue weighted by molar-refractivity contribution is 0.0978. The summed E-state index contributed by atoms with van der Waals surface area (Å²) in [5.41, 5.74) is 0.414. The maximum atomic E-state index is 11.5. The molecule has 0 aliphatic rings. The van der Waals surface area contributed by atoms with E-state index in [-0.39, 0.29) is 5.91 Å². The van der Waals surface area contributed by atoms with Crippen molar-refractivity contribution in [2.24, 2.45) is 0 Å². The average molecular weight is 199 g/mol. The van der Waals surface area contributed by atoms with Crippen molar-refractivity contribution in [3.8, 4) is 0 Å². The van der Waals surface area contributed by atoms with Gasteiger partial charge in [-0.25, -0.2) is 9.97 Å². The molecular formula is C8H13N3OS. The van der Waals surface area contributed by atoms with Gasteiger partial charge in [0.2, 0.25) is 0 Å². The number of aromatic nitrogens is 2. The van der Waals surface area contributed by atoms with Gasteiger partial charge in [0.1, 0.15) is 12.0 Å². The number of hydrogen-bond donors (Lipinski definition) is 1. The monoisotopic (exact) mass is 199 g/mol. The maximum Gasteiger partial charge on any atom is 0.278 e. The first-order valence-corrected chi connectivity index (χ1v) is 6.61. The second-order valence-corrected chi connectivity index (χ2v) is 7.24. The Kier molecular flexibility index (Phi) is 2.87. The fraction of sp³-hybridized carbons (Fsp3) is 0.375. The van der Waals surface area contributed by atoms with Crippen LogP contribution in [0.5, 0.6) is 0 Å². The number of nitrogens with zero attached hydrogens (tertiary/aromatic N) is 2. The zero-order valence-corrected chi connectivity index (χ0v) is 8.76. The largest absolute Gasteiger partial charge is 0.314 e. The summed E-state index contributed by atoms with van der Waals surface area (Å²) in [4.78, 5) is 19.1. The van der Waals surface area contributed by atoms with Gasteiger partial charge in [0, 0.05) is 6.20 Å². The Balaban J connectivity index is 2.71. The third kappa shape index (κ3) is 3.42. The van der Waals surface area contributed by atoms with Crippen molar-refractivity contribution < 1.29 is 4.79 Å². The van der Waals surface area contributed by atoms with Crippen LogP contribution in [0.25, 0.3) is 0 Å². The minimum atomic E-state index is -1.03. The van der Waals surface area contributed by atoms with Crippen molar-refractivity contribution in [2.75, 3.05) is 18.8 Å². The molecular weight excluding hydrogens is 186 g/mol. The van der Waals surface area contributed by atoms with Crippen LogP contribution in [-0.4, -0.2) is 34.6 Å². The molecule has 1 N–H and O–H groups in total. The summed E-state index contributed by atoms with van der Waals surface area (Å²) in [6.45, 7) is 0. The predicted molar refractivity (Wildman–Crippen MR) is 54.9 cm³/mol. The van der Waals surface area contributed by atoms with Crippen LogP contribution in [0.4, 0.5) is 0 Å². The van der Waals surface area contributed by atoms with E-state index in [1.807, 2.05) is 18.8 Å². The summed E-state index contributed by atoms with van der Waals surface area (Å²) < 4.78 is 2.89. The van der Waals surface area contributed by atoms with Gasteiger partial charge in [-0.3, -0.25) is 4.79 Å². The molecule has 1 amide bonds. The zero-order chi connectivity index (χ0) is 9.90. The quantitative estimate of drug-likeness (QED) is 0.767. The summed E-state index contributed by atoms with van der Waals surface area (Å²) in [5.74, 6) is -0.134. The molecule has 1 aromatic rings. The van der Waals surface area contributed by atoms with Gasteiger partial charge in [-0.2, -0.15) is 10.2 Å². The lowest BCUT2D eigenvalue weighted by atomic mass is 10.4. The van der Waals surface area contributed by atoms with Crippen LogP contribution in [-0.2, 0) is 0 Å². The second kappa shape index (κ2) is 3.74. The van der Waals surface area contributed by atoms with E-state index in [9.17, 15) is 4.79 Å². The molecule has 5 heteroatoms. The number of carbonyl (C=O) groups excluding carboxylic acids is 1.